The van der Waals surface area contributed by atoms with Crippen LogP contribution in [0.25, 0.3) is 10.9 Å². The Hall–Kier alpha value is -1.88. The number of aromatic amines is 1. The lowest BCUT2D eigenvalue weighted by atomic mass is 10.1. The Balaban J connectivity index is 2.61. The number of benzene rings is 1. The maximum atomic E-state index is 13.0. The summed E-state index contributed by atoms with van der Waals surface area (Å²) in [5.41, 5.74) is 6.51. The van der Waals surface area contributed by atoms with E-state index in [9.17, 15) is 9.18 Å². The molecule has 0 aliphatic heterocycles. The summed E-state index contributed by atoms with van der Waals surface area (Å²) in [5, 5.41) is 9.25. The molecule has 0 fully saturated rings. The van der Waals surface area contributed by atoms with E-state index in [2.05, 4.69) is 4.98 Å². The van der Waals surface area contributed by atoms with Gasteiger partial charge in [-0.15, -0.1) is 0 Å². The van der Waals surface area contributed by atoms with Crippen LogP contribution in [0.4, 0.5) is 4.39 Å². The minimum Gasteiger partial charge on any atom is -0.480 e. The normalized spacial score (nSPS) is 12.9. The quantitative estimate of drug-likeness (QED) is 0.697. The highest BCUT2D eigenvalue weighted by Crippen LogP contribution is 2.23. The molecule has 4 nitrogen and oxygen atoms in total. The van der Waals surface area contributed by atoms with Crippen LogP contribution in [0.5, 0.6) is 0 Å². The zero-order valence-electron chi connectivity index (χ0n) is 7.70. The molecule has 4 N–H and O–H groups in total. The molecule has 2 rings (SSSR count). The second kappa shape index (κ2) is 3.36. The van der Waals surface area contributed by atoms with Gasteiger partial charge < -0.3 is 15.8 Å². The Kier molecular flexibility index (Phi) is 2.17. The Bertz CT molecular complexity index is 521. The van der Waals surface area contributed by atoms with Gasteiger partial charge in [0.15, 0.2) is 0 Å². The average molecular weight is 208 g/mol. The minimum atomic E-state index is -1.14. The van der Waals surface area contributed by atoms with Crippen molar-refractivity contribution in [1.29, 1.82) is 0 Å². The van der Waals surface area contributed by atoms with Gasteiger partial charge >= 0.3 is 5.97 Å². The summed E-state index contributed by atoms with van der Waals surface area (Å²) in [4.78, 5) is 13.5. The van der Waals surface area contributed by atoms with Crippen molar-refractivity contribution < 1.29 is 14.3 Å². The van der Waals surface area contributed by atoms with Crippen molar-refractivity contribution in [2.75, 3.05) is 0 Å². The van der Waals surface area contributed by atoms with E-state index in [1.165, 1.54) is 18.3 Å². The van der Waals surface area contributed by atoms with Crippen LogP contribution >= 0.6 is 0 Å². The number of carboxylic acid groups (broad SMARTS) is 1. The summed E-state index contributed by atoms with van der Waals surface area (Å²) >= 11 is 0. The van der Waals surface area contributed by atoms with Crippen LogP contribution in [0.1, 0.15) is 11.6 Å². The molecule has 0 saturated heterocycles. The number of carboxylic acids is 1. The smallest absolute Gasteiger partial charge is 0.325 e. The highest BCUT2D eigenvalue weighted by molar-refractivity contribution is 5.88. The van der Waals surface area contributed by atoms with E-state index in [0.29, 0.717) is 16.5 Å². The molecular formula is C10H9FN2O2. The summed E-state index contributed by atoms with van der Waals surface area (Å²) in [6, 6.07) is 2.97. The lowest BCUT2D eigenvalue weighted by molar-refractivity contribution is -0.138. The van der Waals surface area contributed by atoms with Gasteiger partial charge in [0.1, 0.15) is 11.9 Å². The topological polar surface area (TPSA) is 79.1 Å². The summed E-state index contributed by atoms with van der Waals surface area (Å²) in [5.74, 6) is -1.55. The molecule has 0 saturated carbocycles. The largest absolute Gasteiger partial charge is 0.480 e. The van der Waals surface area contributed by atoms with Gasteiger partial charge in [-0.3, -0.25) is 4.79 Å². The molecule has 0 aliphatic carbocycles. The van der Waals surface area contributed by atoms with Crippen molar-refractivity contribution in [3.63, 3.8) is 0 Å². The van der Waals surface area contributed by atoms with Crippen molar-refractivity contribution in [2.45, 2.75) is 6.04 Å². The maximum Gasteiger partial charge on any atom is 0.325 e. The fourth-order valence-corrected chi connectivity index (χ4v) is 1.50. The Morgan fingerprint density at radius 1 is 1.53 bits per heavy atom. The van der Waals surface area contributed by atoms with Crippen molar-refractivity contribution in [2.24, 2.45) is 5.73 Å². The molecule has 0 radical (unpaired) electrons. The van der Waals surface area contributed by atoms with Gasteiger partial charge in [-0.1, -0.05) is 0 Å². The molecule has 0 spiro atoms. The third kappa shape index (κ3) is 1.57. The monoisotopic (exact) mass is 208 g/mol. The van der Waals surface area contributed by atoms with Crippen LogP contribution in [0, 0.1) is 5.82 Å². The van der Waals surface area contributed by atoms with Gasteiger partial charge in [0.05, 0.1) is 0 Å². The Morgan fingerprint density at radius 2 is 2.27 bits per heavy atom. The third-order valence-electron chi connectivity index (χ3n) is 2.28. The molecule has 15 heavy (non-hydrogen) atoms. The number of fused-ring (bicyclic) bond motifs is 1. The lowest BCUT2D eigenvalue weighted by Crippen LogP contribution is -2.20. The molecule has 5 heteroatoms. The van der Waals surface area contributed by atoms with Gasteiger partial charge in [0.2, 0.25) is 0 Å². The van der Waals surface area contributed by atoms with E-state index in [1.807, 2.05) is 0 Å². The number of nitrogens with one attached hydrogen (secondary N) is 1. The number of rotatable bonds is 2. The molecule has 0 unspecified atom stereocenters. The molecule has 2 aromatic rings. The summed E-state index contributed by atoms with van der Waals surface area (Å²) in [6.45, 7) is 0. The SMILES string of the molecule is N[C@@H](C(=O)O)c1c[nH]c2ccc(F)cc12. The predicted octanol–water partition coefficient (Wildman–Crippen LogP) is 1.39. The average Bonchev–Trinajstić information content (AvgIpc) is 2.59. The fraction of sp³-hybridized carbons (Fsp3) is 0.100. The van der Waals surface area contributed by atoms with Gasteiger partial charge in [0.25, 0.3) is 0 Å². The number of nitrogens with two attached hydrogens (primary N) is 1. The molecule has 0 amide bonds. The first kappa shape index (κ1) is 9.67. The second-order valence-corrected chi connectivity index (χ2v) is 3.25. The summed E-state index contributed by atoms with van der Waals surface area (Å²) in [7, 11) is 0. The Morgan fingerprint density at radius 3 is 2.93 bits per heavy atom. The number of hydrogen-bond acceptors (Lipinski definition) is 2. The predicted molar refractivity (Wildman–Crippen MR) is 52.8 cm³/mol. The number of hydrogen-bond donors (Lipinski definition) is 3. The van der Waals surface area contributed by atoms with E-state index < -0.39 is 17.8 Å². The maximum absolute atomic E-state index is 13.0. The third-order valence-corrected chi connectivity index (χ3v) is 2.28. The van der Waals surface area contributed by atoms with Crippen molar-refractivity contribution in [3.05, 3.63) is 35.8 Å². The zero-order valence-corrected chi connectivity index (χ0v) is 7.70. The number of aromatic nitrogens is 1. The highest BCUT2D eigenvalue weighted by Gasteiger charge is 2.18. The standard InChI is InChI=1S/C10H9FN2O2/c11-5-1-2-8-6(3-5)7(4-13-8)9(12)10(14)15/h1-4,9,13H,12H2,(H,14,15)/t9-/m1/s1. The van der Waals surface area contributed by atoms with Gasteiger partial charge in [-0.2, -0.15) is 0 Å². The Labute approximate surface area is 84.5 Å². The number of aliphatic carboxylic acids is 1. The van der Waals surface area contributed by atoms with Crippen LogP contribution in [-0.4, -0.2) is 16.1 Å². The molecular weight excluding hydrogens is 199 g/mol. The van der Waals surface area contributed by atoms with Gasteiger partial charge in [0, 0.05) is 22.7 Å². The molecule has 1 atom stereocenters. The van der Waals surface area contributed by atoms with Crippen molar-refractivity contribution >= 4 is 16.9 Å². The minimum absolute atomic E-state index is 0.386. The van der Waals surface area contributed by atoms with E-state index in [4.69, 9.17) is 10.8 Å². The number of H-pyrrole nitrogens is 1. The molecule has 1 aromatic heterocycles. The van der Waals surface area contributed by atoms with E-state index in [-0.39, 0.29) is 0 Å². The van der Waals surface area contributed by atoms with Gasteiger partial charge in [-0.05, 0) is 18.2 Å². The molecule has 1 aromatic carbocycles. The fourth-order valence-electron chi connectivity index (χ4n) is 1.50. The van der Waals surface area contributed by atoms with E-state index in [1.54, 1.807) is 6.07 Å². The van der Waals surface area contributed by atoms with Crippen molar-refractivity contribution in [1.82, 2.24) is 4.98 Å². The number of halogens is 1. The van der Waals surface area contributed by atoms with Gasteiger partial charge in [-0.25, -0.2) is 4.39 Å². The van der Waals surface area contributed by atoms with Crippen molar-refractivity contribution in [3.8, 4) is 0 Å². The second-order valence-electron chi connectivity index (χ2n) is 3.25. The first-order valence-corrected chi connectivity index (χ1v) is 4.34. The zero-order chi connectivity index (χ0) is 11.0. The first-order chi connectivity index (χ1) is 7.09. The summed E-state index contributed by atoms with van der Waals surface area (Å²) < 4.78 is 13.0. The van der Waals surface area contributed by atoms with E-state index >= 15 is 0 Å². The highest BCUT2D eigenvalue weighted by atomic mass is 19.1. The molecule has 1 heterocycles. The summed E-state index contributed by atoms with van der Waals surface area (Å²) in [6.07, 6.45) is 1.49. The van der Waals surface area contributed by atoms with Crippen LogP contribution in [0.2, 0.25) is 0 Å². The molecule has 0 bridgehead atoms. The van der Waals surface area contributed by atoms with Crippen LogP contribution < -0.4 is 5.73 Å². The van der Waals surface area contributed by atoms with Crippen LogP contribution in [0.15, 0.2) is 24.4 Å². The molecule has 0 aliphatic rings. The first-order valence-electron chi connectivity index (χ1n) is 4.34. The van der Waals surface area contributed by atoms with E-state index in [0.717, 1.165) is 0 Å². The number of carbonyl (C=O) groups is 1. The van der Waals surface area contributed by atoms with Crippen LogP contribution in [-0.2, 0) is 4.79 Å². The lowest BCUT2D eigenvalue weighted by Gasteiger charge is -2.03. The van der Waals surface area contributed by atoms with Crippen LogP contribution in [0.3, 0.4) is 0 Å². The molecule has 78 valence electrons.